The second-order valence-corrected chi connectivity index (χ2v) is 6.03. The van der Waals surface area contributed by atoms with Crippen molar-refractivity contribution in [3.05, 3.63) is 28.7 Å². The van der Waals surface area contributed by atoms with Crippen LogP contribution in [0.25, 0.3) is 0 Å². The molecule has 0 saturated carbocycles. The molecule has 1 saturated heterocycles. The third-order valence-corrected chi connectivity index (χ3v) is 4.31. The Hall–Kier alpha value is -1.36. The van der Waals surface area contributed by atoms with Gasteiger partial charge in [-0.15, -0.1) is 0 Å². The quantitative estimate of drug-likeness (QED) is 0.917. The van der Waals surface area contributed by atoms with Crippen molar-refractivity contribution < 1.29 is 9.59 Å². The highest BCUT2D eigenvalue weighted by Crippen LogP contribution is 2.31. The SMILES string of the molecule is CCC(C)NC(=O)C1CC(=O)N(c2ccccc2Br)C1. The summed E-state index contributed by atoms with van der Waals surface area (Å²) in [5, 5.41) is 2.95. The molecule has 1 aliphatic heterocycles. The fraction of sp³-hybridized carbons (Fsp3) is 0.467. The predicted molar refractivity (Wildman–Crippen MR) is 82.5 cm³/mol. The van der Waals surface area contributed by atoms with Crippen LogP contribution < -0.4 is 10.2 Å². The standard InChI is InChI=1S/C15H19BrN2O2/c1-3-10(2)17-15(20)11-8-14(19)18(9-11)13-7-5-4-6-12(13)16/h4-7,10-11H,3,8-9H2,1-2H3,(H,17,20). The van der Waals surface area contributed by atoms with Gasteiger partial charge < -0.3 is 10.2 Å². The molecule has 2 amide bonds. The Balaban J connectivity index is 2.08. The van der Waals surface area contributed by atoms with E-state index in [1.54, 1.807) is 4.90 Å². The van der Waals surface area contributed by atoms with E-state index in [4.69, 9.17) is 0 Å². The number of hydrogen-bond donors (Lipinski definition) is 1. The minimum absolute atomic E-state index is 0.00111. The lowest BCUT2D eigenvalue weighted by atomic mass is 10.1. The largest absolute Gasteiger partial charge is 0.353 e. The van der Waals surface area contributed by atoms with Crippen LogP contribution in [0, 0.1) is 5.92 Å². The minimum Gasteiger partial charge on any atom is -0.353 e. The van der Waals surface area contributed by atoms with Gasteiger partial charge in [-0.3, -0.25) is 9.59 Å². The molecule has 1 aromatic rings. The van der Waals surface area contributed by atoms with Crippen LogP contribution in [0.5, 0.6) is 0 Å². The summed E-state index contributed by atoms with van der Waals surface area (Å²) in [6.07, 6.45) is 1.17. The molecule has 2 atom stereocenters. The van der Waals surface area contributed by atoms with Gasteiger partial charge in [0.05, 0.1) is 11.6 Å². The van der Waals surface area contributed by atoms with Gasteiger partial charge in [-0.2, -0.15) is 0 Å². The monoisotopic (exact) mass is 338 g/mol. The highest BCUT2D eigenvalue weighted by Gasteiger charge is 2.35. The summed E-state index contributed by atoms with van der Waals surface area (Å²) in [5.41, 5.74) is 0.830. The maximum atomic E-state index is 12.1. The first kappa shape index (κ1) is 15.0. The predicted octanol–water partition coefficient (Wildman–Crippen LogP) is 2.72. The maximum Gasteiger partial charge on any atom is 0.227 e. The molecule has 1 aliphatic rings. The van der Waals surface area contributed by atoms with Gasteiger partial charge in [0.25, 0.3) is 0 Å². The smallest absolute Gasteiger partial charge is 0.227 e. The van der Waals surface area contributed by atoms with E-state index in [1.807, 2.05) is 38.1 Å². The number of carbonyl (C=O) groups is 2. The van der Waals surface area contributed by atoms with Crippen LogP contribution >= 0.6 is 15.9 Å². The number of halogens is 1. The Morgan fingerprint density at radius 1 is 1.50 bits per heavy atom. The number of para-hydroxylation sites is 1. The van der Waals surface area contributed by atoms with Gasteiger partial charge >= 0.3 is 0 Å². The van der Waals surface area contributed by atoms with Crippen LogP contribution in [0.2, 0.25) is 0 Å². The summed E-state index contributed by atoms with van der Waals surface area (Å²) in [7, 11) is 0. The molecule has 0 aromatic heterocycles. The van der Waals surface area contributed by atoms with E-state index in [-0.39, 0.29) is 30.2 Å². The highest BCUT2D eigenvalue weighted by atomic mass is 79.9. The molecule has 5 heteroatoms. The molecule has 108 valence electrons. The molecule has 0 aliphatic carbocycles. The number of rotatable bonds is 4. The second-order valence-electron chi connectivity index (χ2n) is 5.17. The summed E-state index contributed by atoms with van der Waals surface area (Å²) in [4.78, 5) is 25.9. The molecule has 1 fully saturated rings. The van der Waals surface area contributed by atoms with E-state index in [9.17, 15) is 9.59 Å². The number of anilines is 1. The Bertz CT molecular complexity index is 518. The summed E-state index contributed by atoms with van der Waals surface area (Å²) in [6, 6.07) is 7.72. The average Bonchev–Trinajstić information content (AvgIpc) is 2.81. The van der Waals surface area contributed by atoms with Gasteiger partial charge in [-0.05, 0) is 41.4 Å². The molecule has 20 heavy (non-hydrogen) atoms. The fourth-order valence-electron chi connectivity index (χ4n) is 2.25. The van der Waals surface area contributed by atoms with Gasteiger partial charge in [-0.1, -0.05) is 19.1 Å². The zero-order chi connectivity index (χ0) is 14.7. The van der Waals surface area contributed by atoms with Gasteiger partial charge in [0.2, 0.25) is 11.8 Å². The molecule has 4 nitrogen and oxygen atoms in total. The molecule has 0 radical (unpaired) electrons. The normalized spacial score (nSPS) is 20.1. The second kappa shape index (κ2) is 6.39. The molecule has 1 aromatic carbocycles. The third-order valence-electron chi connectivity index (χ3n) is 3.64. The van der Waals surface area contributed by atoms with Crippen LogP contribution in [-0.4, -0.2) is 24.4 Å². The van der Waals surface area contributed by atoms with Crippen molar-refractivity contribution >= 4 is 33.4 Å². The molecular formula is C15H19BrN2O2. The molecule has 0 bridgehead atoms. The molecule has 0 spiro atoms. The van der Waals surface area contributed by atoms with E-state index in [0.29, 0.717) is 6.54 Å². The number of nitrogens with zero attached hydrogens (tertiary/aromatic N) is 1. The number of nitrogens with one attached hydrogen (secondary N) is 1. The minimum atomic E-state index is -0.261. The van der Waals surface area contributed by atoms with Crippen LogP contribution in [0.3, 0.4) is 0 Å². The van der Waals surface area contributed by atoms with Gasteiger partial charge in [0.15, 0.2) is 0 Å². The van der Waals surface area contributed by atoms with Crippen molar-refractivity contribution in [1.29, 1.82) is 0 Å². The highest BCUT2D eigenvalue weighted by molar-refractivity contribution is 9.10. The van der Waals surface area contributed by atoms with E-state index in [1.165, 1.54) is 0 Å². The van der Waals surface area contributed by atoms with Crippen molar-refractivity contribution in [3.63, 3.8) is 0 Å². The number of carbonyl (C=O) groups excluding carboxylic acids is 2. The molecule has 2 unspecified atom stereocenters. The van der Waals surface area contributed by atoms with Crippen molar-refractivity contribution in [2.75, 3.05) is 11.4 Å². The molecule has 2 rings (SSSR count). The number of benzene rings is 1. The van der Waals surface area contributed by atoms with Crippen LogP contribution in [0.1, 0.15) is 26.7 Å². The average molecular weight is 339 g/mol. The lowest BCUT2D eigenvalue weighted by molar-refractivity contribution is -0.126. The third kappa shape index (κ3) is 3.20. The Morgan fingerprint density at radius 2 is 2.20 bits per heavy atom. The van der Waals surface area contributed by atoms with Crippen molar-refractivity contribution in [2.45, 2.75) is 32.7 Å². The van der Waals surface area contributed by atoms with Gasteiger partial charge in [-0.25, -0.2) is 0 Å². The lowest BCUT2D eigenvalue weighted by Crippen LogP contribution is -2.38. The van der Waals surface area contributed by atoms with Gasteiger partial charge in [0, 0.05) is 23.5 Å². The lowest BCUT2D eigenvalue weighted by Gasteiger charge is -2.19. The first-order valence-corrected chi connectivity index (χ1v) is 7.67. The summed E-state index contributed by atoms with van der Waals surface area (Å²) < 4.78 is 0.872. The summed E-state index contributed by atoms with van der Waals surface area (Å²) >= 11 is 3.45. The molecule has 1 heterocycles. The van der Waals surface area contributed by atoms with Gasteiger partial charge in [0.1, 0.15) is 0 Å². The van der Waals surface area contributed by atoms with Crippen LogP contribution in [0.4, 0.5) is 5.69 Å². The van der Waals surface area contributed by atoms with Crippen molar-refractivity contribution in [2.24, 2.45) is 5.92 Å². The number of hydrogen-bond acceptors (Lipinski definition) is 2. The topological polar surface area (TPSA) is 49.4 Å². The van der Waals surface area contributed by atoms with Crippen LogP contribution in [0.15, 0.2) is 28.7 Å². The first-order valence-electron chi connectivity index (χ1n) is 6.88. The van der Waals surface area contributed by atoms with Crippen molar-refractivity contribution in [1.82, 2.24) is 5.32 Å². The number of amides is 2. The van der Waals surface area contributed by atoms with E-state index in [2.05, 4.69) is 21.2 Å². The van der Waals surface area contributed by atoms with Crippen LogP contribution in [-0.2, 0) is 9.59 Å². The Kier molecular flexibility index (Phi) is 4.81. The first-order chi connectivity index (χ1) is 9.52. The zero-order valence-electron chi connectivity index (χ0n) is 11.7. The Morgan fingerprint density at radius 3 is 2.85 bits per heavy atom. The molecule has 1 N–H and O–H groups in total. The fourth-order valence-corrected chi connectivity index (χ4v) is 2.75. The van der Waals surface area contributed by atoms with E-state index < -0.39 is 0 Å². The summed E-state index contributed by atoms with van der Waals surface area (Å²) in [6.45, 7) is 4.45. The van der Waals surface area contributed by atoms with E-state index in [0.717, 1.165) is 16.6 Å². The molecular weight excluding hydrogens is 320 g/mol. The Labute approximate surface area is 127 Å². The zero-order valence-corrected chi connectivity index (χ0v) is 13.3. The maximum absolute atomic E-state index is 12.1. The summed E-state index contributed by atoms with van der Waals surface area (Å²) in [5.74, 6) is -0.285. The van der Waals surface area contributed by atoms with Crippen molar-refractivity contribution in [3.8, 4) is 0 Å². The van der Waals surface area contributed by atoms with E-state index >= 15 is 0 Å².